The molecular weight excluding hydrogens is 234 g/mol. The molecule has 0 fully saturated rings. The molecule has 0 heterocycles. The Morgan fingerprint density at radius 2 is 1.83 bits per heavy atom. The zero-order valence-electron chi connectivity index (χ0n) is 11.5. The molecule has 6 nitrogen and oxygen atoms in total. The summed E-state index contributed by atoms with van der Waals surface area (Å²) in [5.74, 6) is -0.241. The van der Waals surface area contributed by atoms with E-state index in [1.54, 1.807) is 4.90 Å². The minimum Gasteiger partial charge on any atom is -0.409 e. The van der Waals surface area contributed by atoms with Crippen molar-refractivity contribution in [2.75, 3.05) is 19.7 Å². The number of carbonyl (C=O) groups excluding carboxylic acids is 1. The monoisotopic (exact) mass is 259 g/mol. The van der Waals surface area contributed by atoms with Gasteiger partial charge >= 0.3 is 0 Å². The number of nitrogens with zero attached hydrogens (tertiary/aromatic N) is 2. The van der Waals surface area contributed by atoms with Crippen molar-refractivity contribution in [1.82, 2.24) is 4.90 Å². The SMILES string of the molecule is CCCN(CCO)C(=O)C(CC)(CC)C(N)=NO. The maximum Gasteiger partial charge on any atom is 0.236 e. The molecule has 0 unspecified atom stereocenters. The van der Waals surface area contributed by atoms with Crippen molar-refractivity contribution in [3.8, 4) is 0 Å². The third-order valence-electron chi connectivity index (χ3n) is 3.37. The first-order valence-corrected chi connectivity index (χ1v) is 6.42. The maximum atomic E-state index is 12.6. The Hall–Kier alpha value is -1.30. The lowest BCUT2D eigenvalue weighted by Gasteiger charge is -2.34. The average molecular weight is 259 g/mol. The van der Waals surface area contributed by atoms with E-state index in [1.807, 2.05) is 20.8 Å². The van der Waals surface area contributed by atoms with Crippen LogP contribution in [0.4, 0.5) is 0 Å². The molecule has 0 aliphatic heterocycles. The van der Waals surface area contributed by atoms with E-state index in [0.717, 1.165) is 6.42 Å². The number of aliphatic hydroxyl groups excluding tert-OH is 1. The lowest BCUT2D eigenvalue weighted by molar-refractivity contribution is -0.139. The van der Waals surface area contributed by atoms with Crippen molar-refractivity contribution >= 4 is 11.7 Å². The van der Waals surface area contributed by atoms with Gasteiger partial charge in [-0.3, -0.25) is 4.79 Å². The van der Waals surface area contributed by atoms with E-state index in [9.17, 15) is 4.79 Å². The van der Waals surface area contributed by atoms with Gasteiger partial charge in [0, 0.05) is 13.1 Å². The molecule has 0 atom stereocenters. The number of amides is 1. The van der Waals surface area contributed by atoms with Crippen molar-refractivity contribution < 1.29 is 15.1 Å². The van der Waals surface area contributed by atoms with Crippen LogP contribution in [0.15, 0.2) is 5.16 Å². The molecule has 0 aromatic heterocycles. The second-order valence-electron chi connectivity index (χ2n) is 4.29. The van der Waals surface area contributed by atoms with Crippen LogP contribution in [0.1, 0.15) is 40.0 Å². The van der Waals surface area contributed by atoms with Crippen LogP contribution in [0.5, 0.6) is 0 Å². The molecule has 1 amide bonds. The van der Waals surface area contributed by atoms with E-state index < -0.39 is 5.41 Å². The summed E-state index contributed by atoms with van der Waals surface area (Å²) in [6.07, 6.45) is 1.72. The number of oxime groups is 1. The van der Waals surface area contributed by atoms with Gasteiger partial charge in [0.1, 0.15) is 5.41 Å². The van der Waals surface area contributed by atoms with Crippen molar-refractivity contribution in [2.24, 2.45) is 16.3 Å². The first kappa shape index (κ1) is 16.7. The fraction of sp³-hybridized carbons (Fsp3) is 0.833. The van der Waals surface area contributed by atoms with E-state index in [4.69, 9.17) is 16.0 Å². The molecule has 0 bridgehead atoms. The third-order valence-corrected chi connectivity index (χ3v) is 3.37. The summed E-state index contributed by atoms with van der Waals surface area (Å²) < 4.78 is 0. The molecule has 0 spiro atoms. The summed E-state index contributed by atoms with van der Waals surface area (Å²) in [6, 6.07) is 0. The summed E-state index contributed by atoms with van der Waals surface area (Å²) in [6.45, 7) is 6.37. The highest BCUT2D eigenvalue weighted by molar-refractivity contribution is 6.06. The highest BCUT2D eigenvalue weighted by Crippen LogP contribution is 2.29. The standard InChI is InChI=1S/C12H25N3O3/c1-4-7-15(8-9-16)11(17)12(5-2,6-3)10(13)14-18/h16,18H,4-9H2,1-3H3,(H2,13,14). The maximum absolute atomic E-state index is 12.6. The molecule has 0 radical (unpaired) electrons. The highest BCUT2D eigenvalue weighted by Gasteiger charge is 2.42. The number of rotatable bonds is 8. The number of hydrogen-bond acceptors (Lipinski definition) is 4. The van der Waals surface area contributed by atoms with Gasteiger partial charge in [-0.15, -0.1) is 0 Å². The van der Waals surface area contributed by atoms with Gasteiger partial charge in [-0.25, -0.2) is 0 Å². The van der Waals surface area contributed by atoms with Crippen LogP contribution in [0.25, 0.3) is 0 Å². The Labute approximate surface area is 108 Å². The Morgan fingerprint density at radius 1 is 1.28 bits per heavy atom. The van der Waals surface area contributed by atoms with Crippen molar-refractivity contribution in [2.45, 2.75) is 40.0 Å². The largest absolute Gasteiger partial charge is 0.409 e. The lowest BCUT2D eigenvalue weighted by atomic mass is 9.79. The minimum absolute atomic E-state index is 0.0588. The Balaban J connectivity index is 5.27. The normalized spacial score (nSPS) is 12.6. The predicted molar refractivity (Wildman–Crippen MR) is 70.4 cm³/mol. The molecule has 4 N–H and O–H groups in total. The average Bonchev–Trinajstić information content (AvgIpc) is 2.39. The van der Waals surface area contributed by atoms with Crippen molar-refractivity contribution in [3.05, 3.63) is 0 Å². The van der Waals surface area contributed by atoms with Crippen LogP contribution in [0.2, 0.25) is 0 Å². The first-order valence-electron chi connectivity index (χ1n) is 6.42. The Morgan fingerprint density at radius 3 is 2.17 bits per heavy atom. The smallest absolute Gasteiger partial charge is 0.236 e. The zero-order valence-corrected chi connectivity index (χ0v) is 11.5. The van der Waals surface area contributed by atoms with E-state index in [0.29, 0.717) is 19.4 Å². The summed E-state index contributed by atoms with van der Waals surface area (Å²) >= 11 is 0. The van der Waals surface area contributed by atoms with Crippen LogP contribution in [0.3, 0.4) is 0 Å². The van der Waals surface area contributed by atoms with Gasteiger partial charge < -0.3 is 20.9 Å². The predicted octanol–water partition coefficient (Wildman–Crippen LogP) is 0.770. The van der Waals surface area contributed by atoms with Gasteiger partial charge in [0.15, 0.2) is 5.84 Å². The molecule has 0 aliphatic rings. The van der Waals surface area contributed by atoms with E-state index >= 15 is 0 Å². The van der Waals surface area contributed by atoms with Crippen LogP contribution in [-0.2, 0) is 4.79 Å². The van der Waals surface area contributed by atoms with E-state index in [2.05, 4.69) is 5.16 Å². The van der Waals surface area contributed by atoms with Crippen LogP contribution in [-0.4, -0.2) is 46.7 Å². The van der Waals surface area contributed by atoms with Gasteiger partial charge in [0.05, 0.1) is 6.61 Å². The molecule has 0 aromatic carbocycles. The first-order chi connectivity index (χ1) is 8.53. The Kier molecular flexibility index (Phi) is 7.35. The van der Waals surface area contributed by atoms with Gasteiger partial charge in [-0.2, -0.15) is 0 Å². The second-order valence-corrected chi connectivity index (χ2v) is 4.29. The molecule has 0 saturated heterocycles. The lowest BCUT2D eigenvalue weighted by Crippen LogP contribution is -2.51. The van der Waals surface area contributed by atoms with Crippen LogP contribution < -0.4 is 5.73 Å². The van der Waals surface area contributed by atoms with Gasteiger partial charge in [0.2, 0.25) is 5.91 Å². The molecular formula is C12H25N3O3. The molecule has 0 saturated carbocycles. The molecule has 0 rings (SSSR count). The van der Waals surface area contributed by atoms with Gasteiger partial charge in [-0.05, 0) is 19.3 Å². The zero-order chi connectivity index (χ0) is 14.2. The fourth-order valence-electron chi connectivity index (χ4n) is 2.13. The summed E-state index contributed by atoms with van der Waals surface area (Å²) in [4.78, 5) is 14.1. The van der Waals surface area contributed by atoms with E-state index in [-0.39, 0.29) is 24.9 Å². The summed E-state index contributed by atoms with van der Waals surface area (Å²) in [5.41, 5.74) is 4.72. The number of hydrogen-bond donors (Lipinski definition) is 3. The molecule has 106 valence electrons. The fourth-order valence-corrected chi connectivity index (χ4v) is 2.13. The van der Waals surface area contributed by atoms with Crippen molar-refractivity contribution in [1.29, 1.82) is 0 Å². The summed E-state index contributed by atoms with van der Waals surface area (Å²) in [5, 5.41) is 20.9. The van der Waals surface area contributed by atoms with Gasteiger partial charge in [0.25, 0.3) is 0 Å². The Bertz CT molecular complexity index is 282. The van der Waals surface area contributed by atoms with Crippen molar-refractivity contribution in [3.63, 3.8) is 0 Å². The summed E-state index contributed by atoms with van der Waals surface area (Å²) in [7, 11) is 0. The second kappa shape index (κ2) is 7.92. The topological polar surface area (TPSA) is 99.2 Å². The molecule has 0 aliphatic carbocycles. The van der Waals surface area contributed by atoms with Crippen LogP contribution >= 0.6 is 0 Å². The number of amidine groups is 1. The molecule has 0 aromatic rings. The van der Waals surface area contributed by atoms with Gasteiger partial charge in [-0.1, -0.05) is 25.9 Å². The quantitative estimate of drug-likeness (QED) is 0.259. The molecule has 6 heteroatoms. The number of nitrogens with two attached hydrogens (primary N) is 1. The highest BCUT2D eigenvalue weighted by atomic mass is 16.4. The molecule has 18 heavy (non-hydrogen) atoms. The van der Waals surface area contributed by atoms with Crippen LogP contribution in [0, 0.1) is 5.41 Å². The third kappa shape index (κ3) is 3.35. The number of carbonyl (C=O) groups is 1. The van der Waals surface area contributed by atoms with E-state index in [1.165, 1.54) is 0 Å². The minimum atomic E-state index is -0.973. The number of aliphatic hydroxyl groups is 1.